The minimum Gasteiger partial charge on any atom is -0.472 e. The second kappa shape index (κ2) is 10.0. The maximum atomic E-state index is 13.5. The number of amides is 2. The number of benzene rings is 1. The Kier molecular flexibility index (Phi) is 6.90. The summed E-state index contributed by atoms with van der Waals surface area (Å²) in [5.41, 5.74) is -0.449. The number of carbonyl (C=O) groups is 2. The van der Waals surface area contributed by atoms with Crippen LogP contribution in [0.15, 0.2) is 53.1 Å². The number of aromatic nitrogens is 2. The summed E-state index contributed by atoms with van der Waals surface area (Å²) in [6.45, 7) is 2.83. The Balaban J connectivity index is 1.42. The Labute approximate surface area is 197 Å². The number of hydrogen-bond acceptors (Lipinski definition) is 7. The monoisotopic (exact) mass is 490 g/mol. The van der Waals surface area contributed by atoms with Crippen LogP contribution in [-0.2, 0) is 10.9 Å². The number of carbonyl (C=O) groups excluding carboxylic acids is 2. The van der Waals surface area contributed by atoms with Gasteiger partial charge in [-0.2, -0.15) is 13.2 Å². The van der Waals surface area contributed by atoms with Crippen molar-refractivity contribution < 1.29 is 36.7 Å². The van der Waals surface area contributed by atoms with E-state index in [0.717, 1.165) is 0 Å². The molecule has 2 aromatic heterocycles. The molecule has 1 atom stereocenters. The number of halogens is 3. The summed E-state index contributed by atoms with van der Waals surface area (Å²) in [6, 6.07) is 10.9. The minimum absolute atomic E-state index is 0.138. The van der Waals surface area contributed by atoms with Crippen molar-refractivity contribution in [3.8, 4) is 17.3 Å². The topological polar surface area (TPSA) is 107 Å². The standard InChI is InChI=1S/C23H21F3N4O5/c1-2-33-22(32)30-11-10-16(13-30)34-17-9-8-15(12-27-17)28-20(31)18-19(23(24,25)26)35-21(29-18)14-6-4-3-5-7-14/h3-9,12,16H,2,10-11,13H2,1H3,(H,28,31). The van der Waals surface area contributed by atoms with Gasteiger partial charge in [-0.05, 0) is 25.1 Å². The number of anilines is 1. The molecule has 1 aliphatic heterocycles. The number of alkyl halides is 3. The van der Waals surface area contributed by atoms with Crippen molar-refractivity contribution in [3.05, 3.63) is 60.1 Å². The van der Waals surface area contributed by atoms with Crippen molar-refractivity contribution in [1.29, 1.82) is 0 Å². The lowest BCUT2D eigenvalue weighted by molar-refractivity contribution is -0.153. The summed E-state index contributed by atoms with van der Waals surface area (Å²) in [5.74, 6) is -2.67. The second-order valence-electron chi connectivity index (χ2n) is 7.57. The largest absolute Gasteiger partial charge is 0.472 e. The van der Waals surface area contributed by atoms with E-state index in [2.05, 4.69) is 15.3 Å². The van der Waals surface area contributed by atoms with Crippen molar-refractivity contribution in [2.45, 2.75) is 25.6 Å². The van der Waals surface area contributed by atoms with Crippen LogP contribution < -0.4 is 10.1 Å². The van der Waals surface area contributed by atoms with E-state index in [1.165, 1.54) is 35.4 Å². The number of nitrogens with one attached hydrogen (secondary N) is 1. The van der Waals surface area contributed by atoms with E-state index >= 15 is 0 Å². The van der Waals surface area contributed by atoms with E-state index < -0.39 is 29.6 Å². The lowest BCUT2D eigenvalue weighted by Gasteiger charge is -2.16. The highest BCUT2D eigenvalue weighted by Gasteiger charge is 2.42. The van der Waals surface area contributed by atoms with Gasteiger partial charge in [-0.15, -0.1) is 0 Å². The van der Waals surface area contributed by atoms with E-state index in [0.29, 0.717) is 25.1 Å². The quantitative estimate of drug-likeness (QED) is 0.537. The smallest absolute Gasteiger partial charge is 0.452 e. The molecule has 184 valence electrons. The van der Waals surface area contributed by atoms with Gasteiger partial charge in [0, 0.05) is 24.6 Å². The molecule has 1 aliphatic rings. The van der Waals surface area contributed by atoms with Gasteiger partial charge in [0.15, 0.2) is 5.69 Å². The Morgan fingerprint density at radius 1 is 1.20 bits per heavy atom. The number of nitrogens with zero attached hydrogens (tertiary/aromatic N) is 3. The van der Waals surface area contributed by atoms with Gasteiger partial charge in [-0.25, -0.2) is 14.8 Å². The number of pyridine rings is 1. The third-order valence-electron chi connectivity index (χ3n) is 5.07. The van der Waals surface area contributed by atoms with Crippen LogP contribution in [0, 0.1) is 0 Å². The van der Waals surface area contributed by atoms with E-state index in [1.807, 2.05) is 0 Å². The fourth-order valence-electron chi connectivity index (χ4n) is 3.46. The Morgan fingerprint density at radius 3 is 2.63 bits per heavy atom. The van der Waals surface area contributed by atoms with Gasteiger partial charge in [0.05, 0.1) is 25.0 Å². The molecule has 3 heterocycles. The average molecular weight is 490 g/mol. The van der Waals surface area contributed by atoms with E-state index in [4.69, 9.17) is 13.9 Å². The van der Waals surface area contributed by atoms with Crippen LogP contribution in [0.1, 0.15) is 29.6 Å². The molecule has 4 rings (SSSR count). The molecule has 9 nitrogen and oxygen atoms in total. The molecule has 1 N–H and O–H groups in total. The molecule has 1 aromatic carbocycles. The maximum Gasteiger partial charge on any atom is 0.452 e. The van der Waals surface area contributed by atoms with Gasteiger partial charge in [-0.1, -0.05) is 18.2 Å². The van der Waals surface area contributed by atoms with Crippen LogP contribution in [-0.4, -0.2) is 52.7 Å². The molecule has 0 spiro atoms. The van der Waals surface area contributed by atoms with E-state index in [9.17, 15) is 22.8 Å². The van der Waals surface area contributed by atoms with Crippen LogP contribution in [0.4, 0.5) is 23.7 Å². The zero-order valence-corrected chi connectivity index (χ0v) is 18.5. The summed E-state index contributed by atoms with van der Waals surface area (Å²) >= 11 is 0. The molecule has 35 heavy (non-hydrogen) atoms. The predicted molar refractivity (Wildman–Crippen MR) is 117 cm³/mol. The van der Waals surface area contributed by atoms with Crippen LogP contribution in [0.5, 0.6) is 5.88 Å². The zero-order chi connectivity index (χ0) is 25.0. The fourth-order valence-corrected chi connectivity index (χ4v) is 3.46. The third kappa shape index (κ3) is 5.70. The first-order valence-electron chi connectivity index (χ1n) is 10.7. The molecule has 0 aliphatic carbocycles. The summed E-state index contributed by atoms with van der Waals surface area (Å²) in [5, 5.41) is 2.34. The molecule has 0 radical (unpaired) electrons. The molecule has 1 saturated heterocycles. The first kappa shape index (κ1) is 24.0. The van der Waals surface area contributed by atoms with Gasteiger partial charge in [0.2, 0.25) is 17.5 Å². The lowest BCUT2D eigenvalue weighted by Crippen LogP contribution is -2.31. The number of likely N-dealkylation sites (tertiary alicyclic amines) is 1. The molecule has 3 aromatic rings. The predicted octanol–water partition coefficient (Wildman–Crippen LogP) is 4.62. The van der Waals surface area contributed by atoms with Crippen molar-refractivity contribution in [2.75, 3.05) is 25.0 Å². The summed E-state index contributed by atoms with van der Waals surface area (Å²) < 4.78 is 56.0. The molecular weight excluding hydrogens is 469 g/mol. The van der Waals surface area contributed by atoms with Gasteiger partial charge in [0.25, 0.3) is 5.91 Å². The third-order valence-corrected chi connectivity index (χ3v) is 5.07. The highest BCUT2D eigenvalue weighted by atomic mass is 19.4. The minimum atomic E-state index is -4.92. The molecule has 1 fully saturated rings. The van der Waals surface area contributed by atoms with Crippen molar-refractivity contribution in [1.82, 2.24) is 14.9 Å². The summed E-state index contributed by atoms with van der Waals surface area (Å²) in [7, 11) is 0. The molecule has 2 amide bonds. The molecule has 12 heteroatoms. The second-order valence-corrected chi connectivity index (χ2v) is 7.57. The van der Waals surface area contributed by atoms with Crippen molar-refractivity contribution >= 4 is 17.7 Å². The van der Waals surface area contributed by atoms with Crippen LogP contribution in [0.3, 0.4) is 0 Å². The fraction of sp³-hybridized carbons (Fsp3) is 0.304. The number of ether oxygens (including phenoxy) is 2. The highest BCUT2D eigenvalue weighted by Crippen LogP contribution is 2.35. The zero-order valence-electron chi connectivity index (χ0n) is 18.5. The van der Waals surface area contributed by atoms with E-state index in [1.54, 1.807) is 25.1 Å². The van der Waals surface area contributed by atoms with Crippen LogP contribution in [0.25, 0.3) is 11.5 Å². The lowest BCUT2D eigenvalue weighted by atomic mass is 10.2. The highest BCUT2D eigenvalue weighted by molar-refractivity contribution is 6.03. The summed E-state index contributed by atoms with van der Waals surface area (Å²) in [4.78, 5) is 33.8. The number of rotatable bonds is 6. The van der Waals surface area contributed by atoms with Crippen molar-refractivity contribution in [3.63, 3.8) is 0 Å². The van der Waals surface area contributed by atoms with Gasteiger partial charge >= 0.3 is 12.3 Å². The Bertz CT molecular complexity index is 1180. The molecule has 0 saturated carbocycles. The SMILES string of the molecule is CCOC(=O)N1CCC(Oc2ccc(NC(=O)c3nc(-c4ccccc4)oc3C(F)(F)F)cn2)C1. The molecule has 1 unspecified atom stereocenters. The summed E-state index contributed by atoms with van der Waals surface area (Å²) in [6.07, 6.45) is -3.77. The van der Waals surface area contributed by atoms with Gasteiger partial charge in [0.1, 0.15) is 6.10 Å². The normalized spacial score (nSPS) is 15.7. The van der Waals surface area contributed by atoms with Gasteiger partial charge < -0.3 is 24.1 Å². The first-order valence-corrected chi connectivity index (χ1v) is 10.7. The van der Waals surface area contributed by atoms with Crippen molar-refractivity contribution in [2.24, 2.45) is 0 Å². The molecule has 0 bridgehead atoms. The number of hydrogen-bond donors (Lipinski definition) is 1. The maximum absolute atomic E-state index is 13.5. The Morgan fingerprint density at radius 2 is 1.97 bits per heavy atom. The molecular formula is C23H21F3N4O5. The Hall–Kier alpha value is -4.09. The average Bonchev–Trinajstić information content (AvgIpc) is 3.49. The first-order chi connectivity index (χ1) is 16.7. The van der Waals surface area contributed by atoms with Crippen LogP contribution in [0.2, 0.25) is 0 Å². The van der Waals surface area contributed by atoms with Gasteiger partial charge in [-0.3, -0.25) is 4.79 Å². The van der Waals surface area contributed by atoms with E-state index in [-0.39, 0.29) is 30.2 Å². The number of oxazole rings is 1. The van der Waals surface area contributed by atoms with Crippen LogP contribution >= 0.6 is 0 Å².